The minimum absolute atomic E-state index is 0.308. The van der Waals surface area contributed by atoms with Gasteiger partial charge in [0.15, 0.2) is 11.5 Å². The molecule has 0 atom stereocenters. The molecule has 0 radical (unpaired) electrons. The van der Waals surface area contributed by atoms with Gasteiger partial charge in [0.25, 0.3) is 0 Å². The molecule has 1 aliphatic rings. The van der Waals surface area contributed by atoms with Gasteiger partial charge in [-0.2, -0.15) is 0 Å². The van der Waals surface area contributed by atoms with E-state index in [4.69, 9.17) is 15.2 Å². The summed E-state index contributed by atoms with van der Waals surface area (Å²) >= 11 is 1.66. The lowest BCUT2D eigenvalue weighted by Crippen LogP contribution is -2.01. The van der Waals surface area contributed by atoms with Gasteiger partial charge in [-0.15, -0.1) is 11.3 Å². The van der Waals surface area contributed by atoms with Crippen molar-refractivity contribution in [1.82, 2.24) is 4.98 Å². The molecule has 0 saturated carbocycles. The van der Waals surface area contributed by atoms with Crippen molar-refractivity contribution in [1.29, 1.82) is 0 Å². The fourth-order valence-electron chi connectivity index (χ4n) is 1.60. The van der Waals surface area contributed by atoms with Crippen molar-refractivity contribution < 1.29 is 9.47 Å². The summed E-state index contributed by atoms with van der Waals surface area (Å²) in [5, 5.41) is 1.07. The molecule has 2 aromatic rings. The Morgan fingerprint density at radius 2 is 2.13 bits per heavy atom. The van der Waals surface area contributed by atoms with Crippen LogP contribution in [-0.2, 0) is 6.42 Å². The van der Waals surface area contributed by atoms with Gasteiger partial charge < -0.3 is 15.2 Å². The summed E-state index contributed by atoms with van der Waals surface area (Å²) < 4.78 is 11.7. The van der Waals surface area contributed by atoms with Gasteiger partial charge in [-0.05, 0) is 6.54 Å². The van der Waals surface area contributed by atoms with Crippen molar-refractivity contribution in [3.8, 4) is 11.5 Å². The minimum atomic E-state index is 0.308. The Balaban J connectivity index is 2.12. The maximum Gasteiger partial charge on any atom is 0.231 e. The maximum atomic E-state index is 5.50. The number of nitrogens with zero attached hydrogens (tertiary/aromatic N) is 1. The van der Waals surface area contributed by atoms with Crippen molar-refractivity contribution in [2.24, 2.45) is 5.73 Å². The van der Waals surface area contributed by atoms with E-state index < -0.39 is 0 Å². The molecule has 0 spiro atoms. The van der Waals surface area contributed by atoms with Gasteiger partial charge in [0.05, 0.1) is 15.2 Å². The zero-order valence-electron chi connectivity index (χ0n) is 8.03. The Morgan fingerprint density at radius 3 is 2.93 bits per heavy atom. The van der Waals surface area contributed by atoms with Crippen molar-refractivity contribution in [3.05, 3.63) is 17.1 Å². The zero-order valence-corrected chi connectivity index (χ0v) is 8.84. The van der Waals surface area contributed by atoms with E-state index in [1.807, 2.05) is 12.1 Å². The Bertz CT molecular complexity index is 468. The van der Waals surface area contributed by atoms with E-state index in [1.54, 1.807) is 11.3 Å². The fourth-order valence-corrected chi connectivity index (χ4v) is 2.59. The minimum Gasteiger partial charge on any atom is -0.454 e. The second kappa shape index (κ2) is 3.36. The van der Waals surface area contributed by atoms with Gasteiger partial charge in [0.2, 0.25) is 6.79 Å². The molecule has 1 aliphatic heterocycles. The van der Waals surface area contributed by atoms with E-state index in [2.05, 4.69) is 4.98 Å². The third kappa shape index (κ3) is 1.44. The average molecular weight is 222 g/mol. The molecule has 15 heavy (non-hydrogen) atoms. The first-order valence-corrected chi connectivity index (χ1v) is 5.57. The van der Waals surface area contributed by atoms with Gasteiger partial charge in [0.1, 0.15) is 0 Å². The largest absolute Gasteiger partial charge is 0.454 e. The summed E-state index contributed by atoms with van der Waals surface area (Å²) in [5.74, 6) is 1.59. The maximum absolute atomic E-state index is 5.50. The topological polar surface area (TPSA) is 57.4 Å². The van der Waals surface area contributed by atoms with E-state index in [9.17, 15) is 0 Å². The van der Waals surface area contributed by atoms with Gasteiger partial charge in [0, 0.05) is 18.6 Å². The highest BCUT2D eigenvalue weighted by Gasteiger charge is 2.16. The van der Waals surface area contributed by atoms with E-state index in [0.717, 1.165) is 33.1 Å². The smallest absolute Gasteiger partial charge is 0.231 e. The second-order valence-corrected chi connectivity index (χ2v) is 4.43. The molecular weight excluding hydrogens is 212 g/mol. The number of hydrogen-bond donors (Lipinski definition) is 1. The second-order valence-electron chi connectivity index (χ2n) is 3.32. The van der Waals surface area contributed by atoms with Gasteiger partial charge in [-0.3, -0.25) is 0 Å². The lowest BCUT2D eigenvalue weighted by atomic mass is 10.3. The summed E-state index contributed by atoms with van der Waals surface area (Å²) in [6.07, 6.45) is 0.825. The highest BCUT2D eigenvalue weighted by molar-refractivity contribution is 7.18. The van der Waals surface area contributed by atoms with E-state index in [1.165, 1.54) is 0 Å². The van der Waals surface area contributed by atoms with Crippen LogP contribution in [0.3, 0.4) is 0 Å². The van der Waals surface area contributed by atoms with Gasteiger partial charge in [-0.25, -0.2) is 4.98 Å². The summed E-state index contributed by atoms with van der Waals surface area (Å²) in [6.45, 7) is 0.939. The van der Waals surface area contributed by atoms with Crippen molar-refractivity contribution in [2.45, 2.75) is 6.42 Å². The molecule has 0 bridgehead atoms. The third-order valence-corrected chi connectivity index (χ3v) is 3.36. The van der Waals surface area contributed by atoms with Crippen LogP contribution >= 0.6 is 11.3 Å². The molecule has 0 aliphatic carbocycles. The number of fused-ring (bicyclic) bond motifs is 2. The summed E-state index contributed by atoms with van der Waals surface area (Å²) in [5.41, 5.74) is 6.46. The number of hydrogen-bond acceptors (Lipinski definition) is 5. The highest BCUT2D eigenvalue weighted by atomic mass is 32.1. The SMILES string of the molecule is NCCc1nc2cc3c(cc2s1)OCO3. The van der Waals surface area contributed by atoms with Crippen molar-refractivity contribution in [3.63, 3.8) is 0 Å². The van der Waals surface area contributed by atoms with Crippen LogP contribution in [0, 0.1) is 0 Å². The molecule has 0 saturated heterocycles. The van der Waals surface area contributed by atoms with Crippen LogP contribution < -0.4 is 15.2 Å². The first kappa shape index (κ1) is 8.94. The van der Waals surface area contributed by atoms with Gasteiger partial charge >= 0.3 is 0 Å². The lowest BCUT2D eigenvalue weighted by Gasteiger charge is -1.93. The molecule has 0 unspecified atom stereocenters. The number of ether oxygens (including phenoxy) is 2. The van der Waals surface area contributed by atoms with Crippen LogP contribution in [-0.4, -0.2) is 18.3 Å². The summed E-state index contributed by atoms with van der Waals surface area (Å²) in [4.78, 5) is 4.48. The molecule has 1 aromatic heterocycles. The molecule has 4 nitrogen and oxygen atoms in total. The van der Waals surface area contributed by atoms with Crippen LogP contribution in [0.2, 0.25) is 0 Å². The van der Waals surface area contributed by atoms with E-state index in [-0.39, 0.29) is 0 Å². The molecule has 2 heterocycles. The highest BCUT2D eigenvalue weighted by Crippen LogP contribution is 2.37. The fraction of sp³-hybridized carbons (Fsp3) is 0.300. The number of thiazole rings is 1. The van der Waals surface area contributed by atoms with Crippen molar-refractivity contribution >= 4 is 21.6 Å². The van der Waals surface area contributed by atoms with Gasteiger partial charge in [-0.1, -0.05) is 0 Å². The molecule has 2 N–H and O–H groups in total. The molecule has 78 valence electrons. The van der Waals surface area contributed by atoms with Crippen LogP contribution in [0.1, 0.15) is 5.01 Å². The zero-order chi connectivity index (χ0) is 10.3. The number of aromatic nitrogens is 1. The van der Waals surface area contributed by atoms with Crippen molar-refractivity contribution in [2.75, 3.05) is 13.3 Å². The van der Waals surface area contributed by atoms with E-state index in [0.29, 0.717) is 13.3 Å². The molecular formula is C10H10N2O2S. The Hall–Kier alpha value is -1.33. The third-order valence-electron chi connectivity index (χ3n) is 2.29. The van der Waals surface area contributed by atoms with Crippen LogP contribution in [0.5, 0.6) is 11.5 Å². The number of nitrogens with two attached hydrogens (primary N) is 1. The average Bonchev–Trinajstić information content (AvgIpc) is 2.78. The predicted octanol–water partition coefficient (Wildman–Crippen LogP) is 1.53. The Labute approximate surface area is 90.6 Å². The number of rotatable bonds is 2. The monoisotopic (exact) mass is 222 g/mol. The quantitative estimate of drug-likeness (QED) is 0.837. The Morgan fingerprint density at radius 1 is 1.33 bits per heavy atom. The summed E-state index contributed by atoms with van der Waals surface area (Å²) in [7, 11) is 0. The van der Waals surface area contributed by atoms with Crippen LogP contribution in [0.15, 0.2) is 12.1 Å². The van der Waals surface area contributed by atoms with Crippen LogP contribution in [0.25, 0.3) is 10.2 Å². The molecule has 1 aromatic carbocycles. The first-order valence-electron chi connectivity index (χ1n) is 4.76. The normalized spacial score (nSPS) is 13.7. The molecule has 0 fully saturated rings. The number of benzene rings is 1. The Kier molecular flexibility index (Phi) is 2.00. The van der Waals surface area contributed by atoms with Crippen LogP contribution in [0.4, 0.5) is 0 Å². The lowest BCUT2D eigenvalue weighted by molar-refractivity contribution is 0.174. The first-order chi connectivity index (χ1) is 7.36. The predicted molar refractivity (Wildman–Crippen MR) is 58.5 cm³/mol. The molecule has 3 rings (SSSR count). The molecule has 5 heteroatoms. The standard InChI is InChI=1S/C10H10N2O2S/c11-2-1-10-12-6-3-7-8(14-5-13-7)4-9(6)15-10/h3-4H,1-2,5,11H2. The summed E-state index contributed by atoms with van der Waals surface area (Å²) in [6, 6.07) is 3.91. The van der Waals surface area contributed by atoms with E-state index >= 15 is 0 Å². The molecule has 0 amide bonds.